The predicted octanol–water partition coefficient (Wildman–Crippen LogP) is 3.29. The van der Waals surface area contributed by atoms with Crippen molar-refractivity contribution >= 4 is 0 Å². The summed E-state index contributed by atoms with van der Waals surface area (Å²) >= 11 is 0. The summed E-state index contributed by atoms with van der Waals surface area (Å²) in [5, 5.41) is 3.30. The van der Waals surface area contributed by atoms with Crippen LogP contribution in [0.15, 0.2) is 18.2 Å². The fraction of sp³-hybridized carbons (Fsp3) is 0.571. The Labute approximate surface area is 103 Å². The first-order chi connectivity index (χ1) is 7.94. The zero-order chi connectivity index (χ0) is 12.9. The van der Waals surface area contributed by atoms with Crippen LogP contribution in [0.3, 0.4) is 0 Å². The molecule has 1 N–H and O–H groups in total. The van der Waals surface area contributed by atoms with Crippen molar-refractivity contribution in [3.05, 3.63) is 29.6 Å². The first kappa shape index (κ1) is 14.0. The number of hydrogen-bond acceptors (Lipinski definition) is 2. The molecule has 0 unspecified atom stereocenters. The highest BCUT2D eigenvalue weighted by atomic mass is 19.1. The van der Waals surface area contributed by atoms with E-state index in [0.29, 0.717) is 11.3 Å². The van der Waals surface area contributed by atoms with Gasteiger partial charge in [0.15, 0.2) is 0 Å². The number of aryl methyl sites for hydroxylation is 1. The van der Waals surface area contributed by atoms with Crippen molar-refractivity contribution in [3.8, 4) is 5.75 Å². The Kier molecular flexibility index (Phi) is 4.94. The molecule has 0 aliphatic heterocycles. The van der Waals surface area contributed by atoms with Crippen molar-refractivity contribution in [2.24, 2.45) is 0 Å². The molecule has 0 atom stereocenters. The Morgan fingerprint density at radius 1 is 1.35 bits per heavy atom. The molecule has 0 fully saturated rings. The molecule has 17 heavy (non-hydrogen) atoms. The summed E-state index contributed by atoms with van der Waals surface area (Å²) in [6.45, 7) is 9.56. The quantitative estimate of drug-likeness (QED) is 0.769. The molecule has 2 nitrogen and oxygen atoms in total. The second-order valence-electron chi connectivity index (χ2n) is 4.95. The van der Waals surface area contributed by atoms with E-state index in [2.05, 4.69) is 12.2 Å². The normalized spacial score (nSPS) is 11.6. The van der Waals surface area contributed by atoms with E-state index in [1.807, 2.05) is 13.8 Å². The summed E-state index contributed by atoms with van der Waals surface area (Å²) < 4.78 is 19.1. The average Bonchev–Trinajstić information content (AvgIpc) is 2.23. The van der Waals surface area contributed by atoms with E-state index in [1.165, 1.54) is 6.07 Å². The van der Waals surface area contributed by atoms with Crippen LogP contribution >= 0.6 is 0 Å². The molecule has 0 saturated carbocycles. The Morgan fingerprint density at radius 2 is 2.06 bits per heavy atom. The van der Waals surface area contributed by atoms with Gasteiger partial charge in [-0.15, -0.1) is 0 Å². The molecule has 0 saturated heterocycles. The van der Waals surface area contributed by atoms with Gasteiger partial charge in [0, 0.05) is 12.6 Å². The largest absolute Gasteiger partial charge is 0.486 e. The Bertz CT molecular complexity index is 363. The number of ether oxygens (including phenoxy) is 1. The van der Waals surface area contributed by atoms with E-state index in [9.17, 15) is 4.39 Å². The smallest absolute Gasteiger partial charge is 0.129 e. The van der Waals surface area contributed by atoms with E-state index in [4.69, 9.17) is 4.74 Å². The van der Waals surface area contributed by atoms with Crippen LogP contribution in [0.1, 0.15) is 32.8 Å². The highest BCUT2D eigenvalue weighted by Gasteiger charge is 2.19. The SMILES string of the molecule is CCCNCC(C)(C)Oc1ccc(C)c(F)c1. The fourth-order valence-electron chi connectivity index (χ4n) is 1.56. The minimum Gasteiger partial charge on any atom is -0.486 e. The van der Waals surface area contributed by atoms with Crippen LogP contribution in [-0.2, 0) is 0 Å². The van der Waals surface area contributed by atoms with E-state index >= 15 is 0 Å². The molecule has 1 rings (SSSR count). The molecular weight excluding hydrogens is 217 g/mol. The van der Waals surface area contributed by atoms with Crippen LogP contribution in [0.25, 0.3) is 0 Å². The molecule has 0 aliphatic rings. The molecule has 0 bridgehead atoms. The topological polar surface area (TPSA) is 21.3 Å². The lowest BCUT2D eigenvalue weighted by Gasteiger charge is -2.27. The highest BCUT2D eigenvalue weighted by molar-refractivity contribution is 5.28. The maximum absolute atomic E-state index is 13.4. The number of nitrogens with one attached hydrogen (secondary N) is 1. The van der Waals surface area contributed by atoms with E-state index < -0.39 is 0 Å². The number of rotatable bonds is 6. The van der Waals surface area contributed by atoms with Gasteiger partial charge in [-0.2, -0.15) is 0 Å². The lowest BCUT2D eigenvalue weighted by Crippen LogP contribution is -2.40. The van der Waals surface area contributed by atoms with Gasteiger partial charge in [-0.1, -0.05) is 13.0 Å². The number of benzene rings is 1. The lowest BCUT2D eigenvalue weighted by molar-refractivity contribution is 0.108. The third-order valence-corrected chi connectivity index (χ3v) is 2.51. The molecule has 0 radical (unpaired) electrons. The van der Waals surface area contributed by atoms with E-state index in [-0.39, 0.29) is 11.4 Å². The maximum Gasteiger partial charge on any atom is 0.129 e. The van der Waals surface area contributed by atoms with Crippen molar-refractivity contribution < 1.29 is 9.13 Å². The third-order valence-electron chi connectivity index (χ3n) is 2.51. The minimum absolute atomic E-state index is 0.222. The molecule has 0 amide bonds. The van der Waals surface area contributed by atoms with Crippen LogP contribution in [0, 0.1) is 12.7 Å². The van der Waals surface area contributed by atoms with Crippen LogP contribution in [0.2, 0.25) is 0 Å². The summed E-state index contributed by atoms with van der Waals surface area (Å²) in [6, 6.07) is 4.98. The molecule has 0 aliphatic carbocycles. The van der Waals surface area contributed by atoms with E-state index in [1.54, 1.807) is 19.1 Å². The first-order valence-electron chi connectivity index (χ1n) is 6.10. The number of halogens is 1. The Balaban J connectivity index is 2.59. The van der Waals surface area contributed by atoms with E-state index in [0.717, 1.165) is 19.5 Å². The molecule has 3 heteroatoms. The summed E-state index contributed by atoms with van der Waals surface area (Å²) in [7, 11) is 0. The lowest BCUT2D eigenvalue weighted by atomic mass is 10.1. The first-order valence-corrected chi connectivity index (χ1v) is 6.10. The van der Waals surface area contributed by atoms with Crippen LogP contribution in [0.5, 0.6) is 5.75 Å². The van der Waals surface area contributed by atoms with Gasteiger partial charge in [-0.3, -0.25) is 0 Å². The fourth-order valence-corrected chi connectivity index (χ4v) is 1.56. The minimum atomic E-state index is -0.336. The monoisotopic (exact) mass is 239 g/mol. The zero-order valence-electron chi connectivity index (χ0n) is 11.1. The second-order valence-corrected chi connectivity index (χ2v) is 4.95. The van der Waals surface area contributed by atoms with Crippen molar-refractivity contribution in [1.82, 2.24) is 5.32 Å². The van der Waals surface area contributed by atoms with Gasteiger partial charge in [0.25, 0.3) is 0 Å². The van der Waals surface area contributed by atoms with Gasteiger partial charge in [0.2, 0.25) is 0 Å². The van der Waals surface area contributed by atoms with Gasteiger partial charge in [0.1, 0.15) is 17.2 Å². The summed E-state index contributed by atoms with van der Waals surface area (Å²) in [4.78, 5) is 0. The van der Waals surface area contributed by atoms with Crippen molar-refractivity contribution in [2.75, 3.05) is 13.1 Å². The molecule has 0 heterocycles. The maximum atomic E-state index is 13.4. The molecule has 1 aromatic rings. The van der Waals surface area contributed by atoms with Gasteiger partial charge in [-0.25, -0.2) is 4.39 Å². The highest BCUT2D eigenvalue weighted by Crippen LogP contribution is 2.20. The van der Waals surface area contributed by atoms with Crippen LogP contribution < -0.4 is 10.1 Å². The van der Waals surface area contributed by atoms with Crippen molar-refractivity contribution in [2.45, 2.75) is 39.7 Å². The van der Waals surface area contributed by atoms with Crippen LogP contribution in [-0.4, -0.2) is 18.7 Å². The Morgan fingerprint density at radius 3 is 2.65 bits per heavy atom. The standard InChI is InChI=1S/C14H22FNO/c1-5-8-16-10-14(3,4)17-12-7-6-11(2)13(15)9-12/h6-7,9,16H,5,8,10H2,1-4H3. The second kappa shape index (κ2) is 6.01. The number of hydrogen-bond donors (Lipinski definition) is 1. The van der Waals surface area contributed by atoms with Crippen molar-refractivity contribution in [3.63, 3.8) is 0 Å². The van der Waals surface area contributed by atoms with Gasteiger partial charge < -0.3 is 10.1 Å². The van der Waals surface area contributed by atoms with Gasteiger partial charge in [-0.05, 0) is 45.4 Å². The molecule has 1 aromatic carbocycles. The summed E-state index contributed by atoms with van der Waals surface area (Å²) in [5.74, 6) is 0.358. The summed E-state index contributed by atoms with van der Waals surface area (Å²) in [5.41, 5.74) is 0.302. The summed E-state index contributed by atoms with van der Waals surface area (Å²) in [6.07, 6.45) is 1.09. The van der Waals surface area contributed by atoms with Gasteiger partial charge in [0.05, 0.1) is 0 Å². The third kappa shape index (κ3) is 4.73. The molecule has 0 aromatic heterocycles. The van der Waals surface area contributed by atoms with Crippen LogP contribution in [0.4, 0.5) is 4.39 Å². The molecule has 0 spiro atoms. The molecular formula is C14H22FNO. The van der Waals surface area contributed by atoms with Gasteiger partial charge >= 0.3 is 0 Å². The average molecular weight is 239 g/mol. The Hall–Kier alpha value is -1.09. The van der Waals surface area contributed by atoms with Crippen molar-refractivity contribution in [1.29, 1.82) is 0 Å². The zero-order valence-corrected chi connectivity index (χ0v) is 11.1. The predicted molar refractivity (Wildman–Crippen MR) is 69.0 cm³/mol. The molecule has 96 valence electrons.